The van der Waals surface area contributed by atoms with Gasteiger partial charge < -0.3 is 10.4 Å². The van der Waals surface area contributed by atoms with Crippen molar-refractivity contribution in [3.63, 3.8) is 0 Å². The van der Waals surface area contributed by atoms with Gasteiger partial charge in [0, 0.05) is 6.54 Å². The molecule has 2 N–H and O–H groups in total. The number of nitrogens with one attached hydrogen (secondary N) is 1. The Morgan fingerprint density at radius 3 is 2.71 bits per heavy atom. The maximum Gasteiger partial charge on any atom is 0.320 e. The molecule has 0 saturated carbocycles. The summed E-state index contributed by atoms with van der Waals surface area (Å²) in [6.07, 6.45) is 0.560. The third-order valence-electron chi connectivity index (χ3n) is 2.45. The lowest BCUT2D eigenvalue weighted by Gasteiger charge is -2.16. The summed E-state index contributed by atoms with van der Waals surface area (Å²) in [6, 6.07) is 5.57. The number of carbonyl (C=O) groups is 1. The number of benzene rings is 1. The number of rotatable bonds is 6. The first kappa shape index (κ1) is 13.6. The van der Waals surface area contributed by atoms with E-state index in [-0.39, 0.29) is 5.82 Å². The van der Waals surface area contributed by atoms with Crippen LogP contribution in [-0.4, -0.2) is 17.1 Å². The summed E-state index contributed by atoms with van der Waals surface area (Å²) in [4.78, 5) is 11.0. The highest BCUT2D eigenvalue weighted by Crippen LogP contribution is 2.07. The molecule has 3 nitrogen and oxygen atoms in total. The van der Waals surface area contributed by atoms with Crippen LogP contribution in [0.4, 0.5) is 4.39 Å². The zero-order valence-electron chi connectivity index (χ0n) is 10.1. The number of hydrogen-bond acceptors (Lipinski definition) is 2. The fraction of sp³-hybridized carbons (Fsp3) is 0.462. The first-order chi connectivity index (χ1) is 7.99. The predicted octanol–water partition coefficient (Wildman–Crippen LogP) is 2.41. The SMILES string of the molecule is CC(C)CC(NCc1cccc(F)c1)C(=O)O. The van der Waals surface area contributed by atoms with Crippen LogP contribution in [0.1, 0.15) is 25.8 Å². The quantitative estimate of drug-likeness (QED) is 0.801. The van der Waals surface area contributed by atoms with E-state index in [2.05, 4.69) is 5.32 Å². The zero-order chi connectivity index (χ0) is 12.8. The van der Waals surface area contributed by atoms with Crippen LogP contribution in [0.25, 0.3) is 0 Å². The summed E-state index contributed by atoms with van der Waals surface area (Å²) in [6.45, 7) is 4.31. The number of carboxylic acids is 1. The second-order valence-electron chi connectivity index (χ2n) is 4.53. The third kappa shape index (κ3) is 4.95. The van der Waals surface area contributed by atoms with Crippen molar-refractivity contribution in [1.29, 1.82) is 0 Å². The van der Waals surface area contributed by atoms with Crippen molar-refractivity contribution >= 4 is 5.97 Å². The zero-order valence-corrected chi connectivity index (χ0v) is 10.1. The van der Waals surface area contributed by atoms with Gasteiger partial charge in [0.2, 0.25) is 0 Å². The van der Waals surface area contributed by atoms with Crippen molar-refractivity contribution in [2.24, 2.45) is 5.92 Å². The standard InChI is InChI=1S/C13H18FNO2/c1-9(2)6-12(13(16)17)15-8-10-4-3-5-11(14)7-10/h3-5,7,9,12,15H,6,8H2,1-2H3,(H,16,17). The molecule has 0 radical (unpaired) electrons. The maximum absolute atomic E-state index is 12.9. The van der Waals surface area contributed by atoms with E-state index in [4.69, 9.17) is 5.11 Å². The molecule has 0 bridgehead atoms. The molecule has 0 fully saturated rings. The number of aliphatic carboxylic acids is 1. The smallest absolute Gasteiger partial charge is 0.320 e. The minimum absolute atomic E-state index is 0.302. The summed E-state index contributed by atoms with van der Waals surface area (Å²) in [5.74, 6) is -0.869. The molecular weight excluding hydrogens is 221 g/mol. The highest BCUT2D eigenvalue weighted by Gasteiger charge is 2.17. The molecule has 0 aliphatic rings. The minimum Gasteiger partial charge on any atom is -0.480 e. The summed E-state index contributed by atoms with van der Waals surface area (Å²) >= 11 is 0. The van der Waals surface area contributed by atoms with E-state index in [1.807, 2.05) is 13.8 Å². The highest BCUT2D eigenvalue weighted by atomic mass is 19.1. The van der Waals surface area contributed by atoms with Gasteiger partial charge in [0.15, 0.2) is 0 Å². The van der Waals surface area contributed by atoms with Crippen molar-refractivity contribution in [3.05, 3.63) is 35.6 Å². The molecule has 0 aliphatic carbocycles. The number of carboxylic acid groups (broad SMARTS) is 1. The van der Waals surface area contributed by atoms with Gasteiger partial charge in [-0.15, -0.1) is 0 Å². The number of hydrogen-bond donors (Lipinski definition) is 2. The molecule has 94 valence electrons. The molecule has 1 unspecified atom stereocenters. The molecule has 0 heterocycles. The van der Waals surface area contributed by atoms with Gasteiger partial charge in [-0.05, 0) is 30.0 Å². The Kier molecular flexibility index (Phi) is 5.10. The van der Waals surface area contributed by atoms with E-state index in [1.165, 1.54) is 12.1 Å². The third-order valence-corrected chi connectivity index (χ3v) is 2.45. The van der Waals surface area contributed by atoms with Crippen molar-refractivity contribution in [3.8, 4) is 0 Å². The Morgan fingerprint density at radius 2 is 2.18 bits per heavy atom. The van der Waals surface area contributed by atoms with Gasteiger partial charge in [-0.1, -0.05) is 26.0 Å². The largest absolute Gasteiger partial charge is 0.480 e. The molecular formula is C13H18FNO2. The Balaban J connectivity index is 2.54. The first-order valence-corrected chi connectivity index (χ1v) is 5.69. The summed E-state index contributed by atoms with van der Waals surface area (Å²) in [5, 5.41) is 11.9. The van der Waals surface area contributed by atoms with Crippen LogP contribution in [0.2, 0.25) is 0 Å². The second-order valence-corrected chi connectivity index (χ2v) is 4.53. The van der Waals surface area contributed by atoms with E-state index in [0.29, 0.717) is 18.9 Å². The molecule has 0 aromatic heterocycles. The van der Waals surface area contributed by atoms with Crippen LogP contribution < -0.4 is 5.32 Å². The molecule has 4 heteroatoms. The highest BCUT2D eigenvalue weighted by molar-refractivity contribution is 5.73. The van der Waals surface area contributed by atoms with E-state index in [1.54, 1.807) is 12.1 Å². The van der Waals surface area contributed by atoms with E-state index in [0.717, 1.165) is 5.56 Å². The van der Waals surface area contributed by atoms with Crippen molar-refractivity contribution < 1.29 is 14.3 Å². The maximum atomic E-state index is 12.9. The molecule has 0 aliphatic heterocycles. The average Bonchev–Trinajstić information content (AvgIpc) is 2.23. The molecule has 0 saturated heterocycles. The Bertz CT molecular complexity index is 379. The van der Waals surface area contributed by atoms with Crippen molar-refractivity contribution in [2.75, 3.05) is 0 Å². The molecule has 17 heavy (non-hydrogen) atoms. The lowest BCUT2D eigenvalue weighted by Crippen LogP contribution is -2.37. The van der Waals surface area contributed by atoms with Crippen LogP contribution in [0.15, 0.2) is 24.3 Å². The van der Waals surface area contributed by atoms with Gasteiger partial charge in [-0.3, -0.25) is 4.79 Å². The lowest BCUT2D eigenvalue weighted by molar-refractivity contribution is -0.140. The van der Waals surface area contributed by atoms with Crippen LogP contribution in [0.3, 0.4) is 0 Å². The fourth-order valence-corrected chi connectivity index (χ4v) is 1.63. The second kappa shape index (κ2) is 6.35. The van der Waals surface area contributed by atoms with Crippen molar-refractivity contribution in [2.45, 2.75) is 32.9 Å². The fourth-order valence-electron chi connectivity index (χ4n) is 1.63. The number of halogens is 1. The molecule has 1 aromatic rings. The Morgan fingerprint density at radius 1 is 1.47 bits per heavy atom. The Hall–Kier alpha value is -1.42. The van der Waals surface area contributed by atoms with Gasteiger partial charge in [0.1, 0.15) is 11.9 Å². The first-order valence-electron chi connectivity index (χ1n) is 5.69. The average molecular weight is 239 g/mol. The van der Waals surface area contributed by atoms with Crippen LogP contribution in [-0.2, 0) is 11.3 Å². The van der Waals surface area contributed by atoms with Crippen LogP contribution in [0, 0.1) is 11.7 Å². The minimum atomic E-state index is -0.866. The summed E-state index contributed by atoms with van der Waals surface area (Å²) in [5.41, 5.74) is 0.750. The van der Waals surface area contributed by atoms with Crippen LogP contribution in [0.5, 0.6) is 0 Å². The molecule has 1 atom stereocenters. The monoisotopic (exact) mass is 239 g/mol. The topological polar surface area (TPSA) is 49.3 Å². The molecule has 1 rings (SSSR count). The summed E-state index contributed by atoms with van der Waals surface area (Å²) in [7, 11) is 0. The lowest BCUT2D eigenvalue weighted by atomic mass is 10.0. The van der Waals surface area contributed by atoms with Gasteiger partial charge in [0.25, 0.3) is 0 Å². The summed E-state index contributed by atoms with van der Waals surface area (Å²) < 4.78 is 12.9. The van der Waals surface area contributed by atoms with Gasteiger partial charge in [-0.25, -0.2) is 4.39 Å². The van der Waals surface area contributed by atoms with E-state index in [9.17, 15) is 9.18 Å². The predicted molar refractivity (Wildman–Crippen MR) is 64.1 cm³/mol. The van der Waals surface area contributed by atoms with E-state index >= 15 is 0 Å². The van der Waals surface area contributed by atoms with E-state index < -0.39 is 12.0 Å². The Labute approximate surface area is 101 Å². The normalized spacial score (nSPS) is 12.7. The van der Waals surface area contributed by atoms with Gasteiger partial charge in [-0.2, -0.15) is 0 Å². The van der Waals surface area contributed by atoms with Gasteiger partial charge in [0.05, 0.1) is 0 Å². The molecule has 0 amide bonds. The molecule has 0 spiro atoms. The van der Waals surface area contributed by atoms with Crippen molar-refractivity contribution in [1.82, 2.24) is 5.32 Å². The van der Waals surface area contributed by atoms with Crippen LogP contribution >= 0.6 is 0 Å². The molecule has 1 aromatic carbocycles. The van der Waals surface area contributed by atoms with Gasteiger partial charge >= 0.3 is 5.97 Å².